The lowest BCUT2D eigenvalue weighted by atomic mass is 10.1. The molecule has 1 unspecified atom stereocenters. The predicted octanol–water partition coefficient (Wildman–Crippen LogP) is 3.79. The average molecular weight is 320 g/mol. The Morgan fingerprint density at radius 1 is 1.38 bits per heavy atom. The lowest BCUT2D eigenvalue weighted by Crippen LogP contribution is -2.09. The minimum atomic E-state index is -0.810. The van der Waals surface area contributed by atoms with Crippen molar-refractivity contribution in [2.24, 2.45) is 0 Å². The van der Waals surface area contributed by atoms with Crippen LogP contribution in [0, 0.1) is 6.92 Å². The number of nitrogens with zero attached hydrogens (tertiary/aromatic N) is 1. The largest absolute Gasteiger partial charge is 0.481 e. The molecule has 0 saturated heterocycles. The van der Waals surface area contributed by atoms with Crippen LogP contribution in [0.5, 0.6) is 0 Å². The third-order valence-electron chi connectivity index (χ3n) is 3.91. The fourth-order valence-corrected chi connectivity index (χ4v) is 3.51. The minimum Gasteiger partial charge on any atom is -0.481 e. The lowest BCUT2D eigenvalue weighted by molar-refractivity contribution is -0.138. The summed E-state index contributed by atoms with van der Waals surface area (Å²) in [6, 6.07) is 9.69. The summed E-state index contributed by atoms with van der Waals surface area (Å²) in [6.45, 7) is 2.66. The molecule has 0 fully saturated rings. The number of hydrogen-bond donors (Lipinski definition) is 1. The van der Waals surface area contributed by atoms with Crippen LogP contribution in [0.25, 0.3) is 0 Å². The number of rotatable bonds is 3. The SMILES string of the molecule is Cc1ccc(C(=S)c2c(Cl)cc3n2CCC3C(=O)O)cc1. The molecule has 3 nitrogen and oxygen atoms in total. The molecule has 1 aliphatic heterocycles. The molecule has 3 rings (SSSR count). The summed E-state index contributed by atoms with van der Waals surface area (Å²) in [4.78, 5) is 11.9. The highest BCUT2D eigenvalue weighted by Gasteiger charge is 2.32. The molecule has 1 aromatic heterocycles. The van der Waals surface area contributed by atoms with Crippen molar-refractivity contribution in [3.05, 3.63) is 57.9 Å². The summed E-state index contributed by atoms with van der Waals surface area (Å²) >= 11 is 11.9. The molecule has 2 heterocycles. The van der Waals surface area contributed by atoms with Gasteiger partial charge in [0.15, 0.2) is 0 Å². The van der Waals surface area contributed by atoms with Crippen molar-refractivity contribution in [1.82, 2.24) is 4.57 Å². The van der Waals surface area contributed by atoms with Gasteiger partial charge < -0.3 is 9.67 Å². The van der Waals surface area contributed by atoms with E-state index in [4.69, 9.17) is 23.8 Å². The van der Waals surface area contributed by atoms with Gasteiger partial charge in [0.2, 0.25) is 0 Å². The van der Waals surface area contributed by atoms with Crippen LogP contribution in [-0.4, -0.2) is 20.5 Å². The van der Waals surface area contributed by atoms with Gasteiger partial charge in [-0.25, -0.2) is 0 Å². The first kappa shape index (κ1) is 14.3. The highest BCUT2D eigenvalue weighted by Crippen LogP contribution is 2.36. The Hall–Kier alpha value is -1.65. The van der Waals surface area contributed by atoms with Gasteiger partial charge in [-0.1, -0.05) is 53.6 Å². The van der Waals surface area contributed by atoms with Gasteiger partial charge in [-0.2, -0.15) is 0 Å². The first-order valence-electron chi connectivity index (χ1n) is 6.72. The zero-order valence-electron chi connectivity index (χ0n) is 11.5. The van der Waals surface area contributed by atoms with Gasteiger partial charge in [0, 0.05) is 12.2 Å². The molecule has 0 bridgehead atoms. The Labute approximate surface area is 133 Å². The van der Waals surface area contributed by atoms with Crippen LogP contribution in [0.4, 0.5) is 0 Å². The van der Waals surface area contributed by atoms with E-state index in [1.165, 1.54) is 5.56 Å². The van der Waals surface area contributed by atoms with E-state index in [0.717, 1.165) is 17.0 Å². The van der Waals surface area contributed by atoms with E-state index in [1.807, 2.05) is 35.8 Å². The van der Waals surface area contributed by atoms with Gasteiger partial charge in [0.25, 0.3) is 0 Å². The fraction of sp³-hybridized carbons (Fsp3) is 0.250. The number of halogens is 1. The molecule has 108 valence electrons. The molecule has 1 atom stereocenters. The lowest BCUT2D eigenvalue weighted by Gasteiger charge is -2.09. The van der Waals surface area contributed by atoms with E-state index in [1.54, 1.807) is 6.07 Å². The van der Waals surface area contributed by atoms with E-state index in [2.05, 4.69) is 0 Å². The van der Waals surface area contributed by atoms with Crippen LogP contribution in [-0.2, 0) is 11.3 Å². The quantitative estimate of drug-likeness (QED) is 0.691. The Kier molecular flexibility index (Phi) is 3.59. The zero-order chi connectivity index (χ0) is 15.1. The number of aromatic nitrogens is 1. The molecule has 0 aliphatic carbocycles. The number of thiocarbonyl (C=S) groups is 1. The molecule has 1 aromatic carbocycles. The van der Waals surface area contributed by atoms with Gasteiger partial charge in [0.05, 0.1) is 21.5 Å². The highest BCUT2D eigenvalue weighted by atomic mass is 35.5. The van der Waals surface area contributed by atoms with Gasteiger partial charge in [-0.3, -0.25) is 4.79 Å². The maximum absolute atomic E-state index is 11.3. The Balaban J connectivity index is 2.04. The van der Waals surface area contributed by atoms with E-state index in [9.17, 15) is 9.90 Å². The molecule has 5 heteroatoms. The molecule has 0 radical (unpaired) electrons. The molecule has 21 heavy (non-hydrogen) atoms. The minimum absolute atomic E-state index is 0.489. The summed E-state index contributed by atoms with van der Waals surface area (Å²) in [7, 11) is 0. The normalized spacial score (nSPS) is 16.8. The third kappa shape index (κ3) is 2.39. The Morgan fingerprint density at radius 3 is 2.67 bits per heavy atom. The van der Waals surface area contributed by atoms with Crippen LogP contribution < -0.4 is 0 Å². The summed E-state index contributed by atoms with van der Waals surface area (Å²) in [6.07, 6.45) is 0.589. The summed E-state index contributed by atoms with van der Waals surface area (Å²) in [5.41, 5.74) is 3.60. The van der Waals surface area contributed by atoms with E-state index >= 15 is 0 Å². The number of aryl methyl sites for hydroxylation is 1. The number of hydrogen-bond acceptors (Lipinski definition) is 2. The van der Waals surface area contributed by atoms with E-state index < -0.39 is 11.9 Å². The predicted molar refractivity (Wildman–Crippen MR) is 86.4 cm³/mol. The summed E-state index contributed by atoms with van der Waals surface area (Å²) < 4.78 is 1.95. The zero-order valence-corrected chi connectivity index (χ0v) is 13.0. The van der Waals surface area contributed by atoms with Crippen LogP contribution >= 0.6 is 23.8 Å². The van der Waals surface area contributed by atoms with Gasteiger partial charge in [-0.05, 0) is 25.0 Å². The van der Waals surface area contributed by atoms with Crippen LogP contribution in [0.3, 0.4) is 0 Å². The van der Waals surface area contributed by atoms with Gasteiger partial charge in [-0.15, -0.1) is 0 Å². The van der Waals surface area contributed by atoms with Crippen molar-refractivity contribution in [2.45, 2.75) is 25.8 Å². The second-order valence-electron chi connectivity index (χ2n) is 5.29. The monoisotopic (exact) mass is 319 g/mol. The fourth-order valence-electron chi connectivity index (χ4n) is 2.79. The molecule has 0 spiro atoms. The number of carboxylic acid groups (broad SMARTS) is 1. The Bertz CT molecular complexity index is 733. The van der Waals surface area contributed by atoms with Crippen LogP contribution in [0.2, 0.25) is 5.02 Å². The topological polar surface area (TPSA) is 42.2 Å². The van der Waals surface area contributed by atoms with Gasteiger partial charge in [0.1, 0.15) is 0 Å². The second kappa shape index (κ2) is 5.28. The molecular formula is C16H14ClNO2S. The molecular weight excluding hydrogens is 306 g/mol. The van der Waals surface area contributed by atoms with Crippen molar-refractivity contribution in [1.29, 1.82) is 0 Å². The van der Waals surface area contributed by atoms with Gasteiger partial charge >= 0.3 is 5.97 Å². The van der Waals surface area contributed by atoms with Crippen molar-refractivity contribution < 1.29 is 9.90 Å². The number of carbonyl (C=O) groups is 1. The number of aliphatic carboxylic acids is 1. The van der Waals surface area contributed by atoms with Crippen LogP contribution in [0.15, 0.2) is 30.3 Å². The third-order valence-corrected chi connectivity index (χ3v) is 4.62. The summed E-state index contributed by atoms with van der Waals surface area (Å²) in [5, 5.41) is 9.79. The maximum atomic E-state index is 11.3. The van der Waals surface area contributed by atoms with E-state index in [0.29, 0.717) is 22.9 Å². The molecule has 1 aliphatic rings. The van der Waals surface area contributed by atoms with Crippen molar-refractivity contribution in [2.75, 3.05) is 0 Å². The first-order valence-corrected chi connectivity index (χ1v) is 7.50. The second-order valence-corrected chi connectivity index (χ2v) is 6.11. The number of carboxylic acids is 1. The maximum Gasteiger partial charge on any atom is 0.312 e. The highest BCUT2D eigenvalue weighted by molar-refractivity contribution is 7.81. The van der Waals surface area contributed by atoms with Crippen molar-refractivity contribution >= 4 is 34.7 Å². The first-order chi connectivity index (χ1) is 9.99. The molecule has 2 aromatic rings. The number of fused-ring (bicyclic) bond motifs is 1. The Morgan fingerprint density at radius 2 is 2.05 bits per heavy atom. The van der Waals surface area contributed by atoms with E-state index in [-0.39, 0.29) is 0 Å². The average Bonchev–Trinajstić information content (AvgIpc) is 2.96. The van der Waals surface area contributed by atoms with Crippen LogP contribution in [0.1, 0.15) is 34.9 Å². The van der Waals surface area contributed by atoms with Crippen molar-refractivity contribution in [3.8, 4) is 0 Å². The molecule has 0 saturated carbocycles. The number of benzene rings is 1. The summed E-state index contributed by atoms with van der Waals surface area (Å²) in [5.74, 6) is -1.30. The molecule has 1 N–H and O–H groups in total. The standard InChI is InChI=1S/C16H14ClNO2S/c1-9-2-4-10(5-3-9)15(21)14-12(17)8-13-11(16(19)20)6-7-18(13)14/h2-5,8,11H,6-7H2,1H3,(H,19,20). The van der Waals surface area contributed by atoms with Crippen molar-refractivity contribution in [3.63, 3.8) is 0 Å². The smallest absolute Gasteiger partial charge is 0.312 e. The molecule has 0 amide bonds.